The average Bonchev–Trinajstić information content (AvgIpc) is 0.774. The lowest BCUT2D eigenvalue weighted by Gasteiger charge is -2.33. The van der Waals surface area contributed by atoms with E-state index in [0.717, 1.165) is 0 Å². The zero-order chi connectivity index (χ0) is 91.9. The molecule has 33 nitrogen and oxygen atoms in total. The van der Waals surface area contributed by atoms with Crippen molar-refractivity contribution in [2.24, 2.45) is 44.3 Å². The zero-order valence-electron chi connectivity index (χ0n) is 71.9. The van der Waals surface area contributed by atoms with Crippen LogP contribution in [0.15, 0.2) is 135 Å². The van der Waals surface area contributed by atoms with Crippen LogP contribution in [0.5, 0.6) is 0 Å². The molecule has 33 heteroatoms. The third-order valence-electron chi connectivity index (χ3n) is 20.3. The summed E-state index contributed by atoms with van der Waals surface area (Å²) in [5.41, 5.74) is -2.59. The number of carbonyl (C=O) groups is 9. The maximum atomic E-state index is 13.7. The molecule has 6 rings (SSSR count). The first-order valence-electron chi connectivity index (χ1n) is 38.6. The van der Waals surface area contributed by atoms with E-state index in [1.807, 2.05) is 107 Å². The van der Waals surface area contributed by atoms with E-state index in [-0.39, 0.29) is 142 Å². The van der Waals surface area contributed by atoms with Crippen LogP contribution in [0.2, 0.25) is 0 Å². The van der Waals surface area contributed by atoms with E-state index in [1.54, 1.807) is 33.3 Å². The fourth-order valence-electron chi connectivity index (χ4n) is 15.2. The molecule has 0 spiro atoms. The first-order valence-corrected chi connectivity index (χ1v) is 38.6. The van der Waals surface area contributed by atoms with Gasteiger partial charge in [0.2, 0.25) is 17.7 Å². The van der Waals surface area contributed by atoms with E-state index >= 15 is 0 Å². The Kier molecular flexibility index (Phi) is 33.5. The largest absolute Gasteiger partial charge is 0.470 e. The Morgan fingerprint density at radius 3 is 0.746 bits per heavy atom. The number of amides is 3. The quantitative estimate of drug-likeness (QED) is 0.0172. The van der Waals surface area contributed by atoms with E-state index in [4.69, 9.17) is 54.7 Å². The number of nitrogens with one attached hydrogen (secondary N) is 6. The van der Waals surface area contributed by atoms with Crippen LogP contribution in [0.25, 0.3) is 19.4 Å². The number of esters is 6. The second-order valence-corrected chi connectivity index (χ2v) is 34.7. The predicted octanol–water partition coefficient (Wildman–Crippen LogP) is 11.5. The lowest BCUT2D eigenvalue weighted by atomic mass is 9.73. The molecule has 0 saturated heterocycles. The minimum absolute atomic E-state index is 0.0242. The minimum atomic E-state index is -1.23. The maximum Gasteiger partial charge on any atom is 0.349 e. The number of allylic oxidation sites excluding steroid dienone is 16. The number of hydrogen-bond donors (Lipinski definition) is 6. The van der Waals surface area contributed by atoms with Crippen molar-refractivity contribution in [3.63, 3.8) is 0 Å². The van der Waals surface area contributed by atoms with E-state index in [0.29, 0.717) is 36.4 Å². The van der Waals surface area contributed by atoms with Crippen molar-refractivity contribution < 1.29 is 71.6 Å². The van der Waals surface area contributed by atoms with Crippen molar-refractivity contribution in [1.82, 2.24) is 31.9 Å². The molecule has 6 aliphatic rings. The summed E-state index contributed by atoms with van der Waals surface area (Å²) in [4.78, 5) is 132. The SMILES string of the molecule is [C-]#[N+]C1=C(NC(C)=O)CC(C)(C)C/C1=C(/[N+]#[C-])C(=O)OCC(COC(=O)/C(C#N)=C1\CC(C)(C)CC(NC(C)=O)=C1C#N)COC(=O)/C(C#N)=C1\CC(C)(C)CC(NC(C)=O)=C1C#N.[C-]#[N+]C1=C(NC)CC(C)(C)C/C1=C(/[N+]#[C-])C(=O)OCC(COC(=O)/C(C#N)=C1\CC(C)(C)CC(NC)=C1C#N)COC(=O)/C(C#N)=C1\CC(C)(C)CC(NC)=C1C#N. The van der Waals surface area contributed by atoms with Gasteiger partial charge in [0.15, 0.2) is 11.4 Å². The lowest BCUT2D eigenvalue weighted by Crippen LogP contribution is -2.32. The first kappa shape index (κ1) is 98.0. The number of nitriles is 8. The molecular weight excluding hydrogens is 1560 g/mol. The molecule has 0 heterocycles. The van der Waals surface area contributed by atoms with Gasteiger partial charge < -0.3 is 60.3 Å². The van der Waals surface area contributed by atoms with Gasteiger partial charge in [-0.2, -0.15) is 42.1 Å². The Morgan fingerprint density at radius 2 is 0.525 bits per heavy atom. The first-order chi connectivity index (χ1) is 57.1. The molecule has 0 atom stereocenters. The highest BCUT2D eigenvalue weighted by Crippen LogP contribution is 2.49. The molecule has 0 bridgehead atoms. The summed E-state index contributed by atoms with van der Waals surface area (Å²) >= 11 is 0. The maximum absolute atomic E-state index is 13.7. The smallest absolute Gasteiger partial charge is 0.349 e. The molecular formula is C89H98N18O15. The molecule has 3 amide bonds. The second-order valence-electron chi connectivity index (χ2n) is 34.7. The van der Waals surface area contributed by atoms with Crippen LogP contribution < -0.4 is 31.9 Å². The van der Waals surface area contributed by atoms with Crippen LogP contribution in [0.1, 0.15) is 181 Å². The van der Waals surface area contributed by atoms with E-state index in [9.17, 15) is 85.2 Å². The summed E-state index contributed by atoms with van der Waals surface area (Å²) in [6, 6.07) is 15.5. The van der Waals surface area contributed by atoms with Crippen molar-refractivity contribution in [1.29, 1.82) is 42.1 Å². The minimum Gasteiger partial charge on any atom is -0.470 e. The third kappa shape index (κ3) is 25.2. The predicted molar refractivity (Wildman–Crippen MR) is 435 cm³/mol. The highest BCUT2D eigenvalue weighted by atomic mass is 16.6. The summed E-state index contributed by atoms with van der Waals surface area (Å²) in [7, 11) is 4.94. The summed E-state index contributed by atoms with van der Waals surface area (Å²) < 4.78 is 33.3. The Morgan fingerprint density at radius 1 is 0.320 bits per heavy atom. The fourth-order valence-corrected chi connectivity index (χ4v) is 15.2. The van der Waals surface area contributed by atoms with E-state index in [1.165, 1.54) is 20.8 Å². The molecule has 0 aromatic heterocycles. The van der Waals surface area contributed by atoms with Crippen LogP contribution >= 0.6 is 0 Å². The topological polar surface area (TPSA) is 489 Å². The van der Waals surface area contributed by atoms with Crippen LogP contribution in [-0.2, 0) is 71.6 Å². The van der Waals surface area contributed by atoms with Crippen molar-refractivity contribution >= 4 is 53.5 Å². The monoisotopic (exact) mass is 1660 g/mol. The van der Waals surface area contributed by atoms with Gasteiger partial charge in [-0.05, 0) is 143 Å². The molecule has 6 N–H and O–H groups in total. The van der Waals surface area contributed by atoms with E-state index in [2.05, 4.69) is 63.4 Å². The molecule has 0 aliphatic heterocycles. The van der Waals surface area contributed by atoms with Gasteiger partial charge in [0.1, 0.15) is 97.3 Å². The lowest BCUT2D eigenvalue weighted by molar-refractivity contribution is -0.150. The number of rotatable bonds is 24. The standard InChI is InChI=1S/C46H49N9O9.C43H49N9O6/c1-25(56)53-36-15-44(4,5)12-29(32(36)18-47)34(20-49)41(59)62-22-28(23-63-42(60)35(21-50)30-13-45(6,7)16-37(33(30)19-48)54-26(2)57)24-64-43(61)40(52-11)31-14-46(8,9)17-38(39(31)51-10)55-27(3)58;1-41(2)12-26(29(18-44)33(15-41)48-7)31(20-46)38(53)56-22-25(23-57-39(54)32(21-47)27-13-42(3,4)16-34(49-8)30(27)19-45)24-58-40(55)37(52-11)28-14-43(5,6)17-35(50-9)36(28)51-10/h28H,12-17,22-24H2,1-9H3,(H,53,56)(H,54,57)(H,55,58);25,48-50H,12-17,22-24H2,1-9H3/b34-29+,35-30+,40-31-;31-26+,32-27+,37-28-. The molecule has 0 fully saturated rings. The molecule has 0 aromatic carbocycles. The summed E-state index contributed by atoms with van der Waals surface area (Å²) in [6.07, 6.45) is 3.27. The Labute approximate surface area is 711 Å². The van der Waals surface area contributed by atoms with Crippen LogP contribution in [-0.4, -0.2) is 114 Å². The molecule has 0 unspecified atom stereocenters. The van der Waals surface area contributed by atoms with Crippen LogP contribution in [0.3, 0.4) is 0 Å². The highest BCUT2D eigenvalue weighted by Gasteiger charge is 2.42. The van der Waals surface area contributed by atoms with Gasteiger partial charge in [0.05, 0.1) is 73.6 Å². The molecule has 122 heavy (non-hydrogen) atoms. The molecule has 0 aromatic rings. The van der Waals surface area contributed by atoms with Gasteiger partial charge in [0, 0.05) is 76.1 Å². The molecule has 634 valence electrons. The second kappa shape index (κ2) is 41.7. The number of hydrogen-bond acceptors (Lipinski definition) is 26. The van der Waals surface area contributed by atoms with Gasteiger partial charge in [-0.15, -0.1) is 0 Å². The van der Waals surface area contributed by atoms with Gasteiger partial charge in [-0.25, -0.2) is 38.6 Å². The zero-order valence-corrected chi connectivity index (χ0v) is 71.9. The molecule has 0 saturated carbocycles. The van der Waals surface area contributed by atoms with Gasteiger partial charge in [-0.3, -0.25) is 24.0 Å². The Balaban J connectivity index is 0.000000436. The highest BCUT2D eigenvalue weighted by molar-refractivity contribution is 5.98. The normalized spacial score (nSPS) is 20.2. The third-order valence-corrected chi connectivity index (χ3v) is 20.3. The Hall–Kier alpha value is -14.6. The van der Waals surface area contributed by atoms with Crippen molar-refractivity contribution in [3.05, 3.63) is 181 Å². The Bertz CT molecular complexity index is 4860. The van der Waals surface area contributed by atoms with Crippen molar-refractivity contribution in [2.75, 3.05) is 60.8 Å². The van der Waals surface area contributed by atoms with Crippen LogP contribution in [0, 0.1) is 161 Å². The number of nitrogens with zero attached hydrogens (tertiary/aromatic N) is 12. The molecule has 6 aliphatic carbocycles. The van der Waals surface area contributed by atoms with Gasteiger partial charge >= 0.3 is 35.8 Å². The number of ether oxygens (including phenoxy) is 6. The fraction of sp³-hybridized carbons (Fsp3) is 0.494. The van der Waals surface area contributed by atoms with Gasteiger partial charge in [-0.1, -0.05) is 83.1 Å². The average molecular weight is 1660 g/mol. The van der Waals surface area contributed by atoms with Crippen LogP contribution in [0.4, 0.5) is 0 Å². The van der Waals surface area contributed by atoms with E-state index < -0.39 is 171 Å². The summed E-state index contributed by atoms with van der Waals surface area (Å²) in [5.74, 6) is -10.5. The van der Waals surface area contributed by atoms with Crippen molar-refractivity contribution in [3.8, 4) is 48.6 Å². The number of carbonyl (C=O) groups excluding carboxylic acids is 9. The summed E-state index contributed by atoms with van der Waals surface area (Å²) in [6.45, 7) is 53.9. The molecule has 0 radical (unpaired) electrons. The van der Waals surface area contributed by atoms with Gasteiger partial charge in [0.25, 0.3) is 11.4 Å². The van der Waals surface area contributed by atoms with Crippen molar-refractivity contribution in [2.45, 2.75) is 181 Å². The summed E-state index contributed by atoms with van der Waals surface area (Å²) in [5, 5.41) is 97.6.